The minimum absolute atomic E-state index is 0.00438. The van der Waals surface area contributed by atoms with Gasteiger partial charge in [-0.1, -0.05) is 101 Å². The number of methoxy groups -OCH3 is 2. The molecule has 0 aliphatic heterocycles. The third kappa shape index (κ3) is 7.67. The van der Waals surface area contributed by atoms with Crippen molar-refractivity contribution in [3.8, 4) is 0 Å². The molecule has 0 saturated carbocycles. The summed E-state index contributed by atoms with van der Waals surface area (Å²) in [6.07, 6.45) is 9.58. The Hall–Kier alpha value is -3.02. The number of hydrogen-bond donors (Lipinski definition) is 0. The van der Waals surface area contributed by atoms with Gasteiger partial charge < -0.3 is 9.47 Å². The van der Waals surface area contributed by atoms with E-state index in [0.717, 1.165) is 0 Å². The lowest BCUT2D eigenvalue weighted by Gasteiger charge is -2.42. The number of carbonyl (C=O) groups is 4. The van der Waals surface area contributed by atoms with Crippen LogP contribution in [0.2, 0.25) is 0 Å². The quantitative estimate of drug-likeness (QED) is 0.299. The van der Waals surface area contributed by atoms with Crippen LogP contribution >= 0.6 is 0 Å². The van der Waals surface area contributed by atoms with E-state index in [4.69, 9.17) is 9.47 Å². The van der Waals surface area contributed by atoms with Gasteiger partial charge in [-0.3, -0.25) is 19.2 Å². The largest absolute Gasteiger partial charge is 0.469 e. The van der Waals surface area contributed by atoms with Gasteiger partial charge in [0.05, 0.1) is 20.1 Å². The summed E-state index contributed by atoms with van der Waals surface area (Å²) in [4.78, 5) is 53.8. The van der Waals surface area contributed by atoms with Gasteiger partial charge in [0.2, 0.25) is 0 Å². The normalized spacial score (nSPS) is 18.9. The average molecular weight is 581 g/mol. The molecule has 42 heavy (non-hydrogen) atoms. The Bertz CT molecular complexity index is 1210. The molecule has 1 unspecified atom stereocenters. The molecule has 0 fully saturated rings. The van der Waals surface area contributed by atoms with Crippen LogP contribution in [-0.2, 0) is 28.7 Å². The van der Waals surface area contributed by atoms with Crippen LogP contribution in [-0.4, -0.2) is 37.7 Å². The van der Waals surface area contributed by atoms with E-state index in [1.54, 1.807) is 0 Å². The van der Waals surface area contributed by atoms with E-state index in [2.05, 4.69) is 0 Å². The first-order chi connectivity index (χ1) is 18.9. The summed E-state index contributed by atoms with van der Waals surface area (Å²) >= 11 is 0. The predicted molar refractivity (Wildman–Crippen MR) is 167 cm³/mol. The summed E-state index contributed by atoms with van der Waals surface area (Å²) in [6.45, 7) is 23.8. The molecule has 1 atom stereocenters. The molecule has 6 heteroatoms. The van der Waals surface area contributed by atoms with Crippen molar-refractivity contribution in [3.05, 3.63) is 58.2 Å². The second-order valence-electron chi connectivity index (χ2n) is 15.7. The molecule has 0 amide bonds. The number of rotatable bonds is 6. The number of hydrogen-bond acceptors (Lipinski definition) is 6. The second-order valence-corrected chi connectivity index (χ2v) is 15.7. The van der Waals surface area contributed by atoms with E-state index in [1.807, 2.05) is 113 Å². The maximum absolute atomic E-state index is 13.9. The highest BCUT2D eigenvalue weighted by molar-refractivity contribution is 6.12. The number of esters is 2. The zero-order valence-electron chi connectivity index (χ0n) is 28.3. The van der Waals surface area contributed by atoms with Crippen molar-refractivity contribution in [2.24, 2.45) is 33.0 Å². The standard InChI is InChI=1S/C36H52O6/c1-32(2,3)23-17-22(18-24(29(23)38)33(4,5)6)19-25(31(40)42-14)36(16-15-28(37)41-13)20-26(34(7,8)9)30(39)27(21-36)35(10,11)12/h17-21,25H,15-16H2,1-14H3. The summed E-state index contributed by atoms with van der Waals surface area (Å²) in [5.74, 6) is -1.87. The van der Waals surface area contributed by atoms with Gasteiger partial charge in [0.25, 0.3) is 0 Å². The Morgan fingerprint density at radius 1 is 0.690 bits per heavy atom. The van der Waals surface area contributed by atoms with Crippen molar-refractivity contribution in [2.45, 2.75) is 95.9 Å². The van der Waals surface area contributed by atoms with Crippen LogP contribution in [0.15, 0.2) is 58.2 Å². The minimum atomic E-state index is -1.07. The monoisotopic (exact) mass is 580 g/mol. The maximum Gasteiger partial charge on any atom is 0.313 e. The Labute approximate surface area is 253 Å². The molecular weight excluding hydrogens is 528 g/mol. The summed E-state index contributed by atoms with van der Waals surface area (Å²) in [5, 5.41) is 0. The van der Waals surface area contributed by atoms with Crippen molar-refractivity contribution in [2.75, 3.05) is 14.2 Å². The van der Waals surface area contributed by atoms with Crippen LogP contribution in [0, 0.1) is 33.0 Å². The molecule has 6 nitrogen and oxygen atoms in total. The first-order valence-electron chi connectivity index (χ1n) is 14.8. The van der Waals surface area contributed by atoms with E-state index in [0.29, 0.717) is 27.9 Å². The third-order valence-electron chi connectivity index (χ3n) is 8.04. The molecule has 232 valence electrons. The van der Waals surface area contributed by atoms with Crippen LogP contribution < -0.4 is 0 Å². The van der Waals surface area contributed by atoms with Crippen LogP contribution in [0.4, 0.5) is 0 Å². The SMILES string of the molecule is COC(=O)CCC1(C(C=C2C=C(C(C)(C)C)C(=O)C(C(C)(C)C)=C2)C(=O)OC)C=C(C(C)(C)C)C(=O)C(C(C)(C)C)=C1. The van der Waals surface area contributed by atoms with Gasteiger partial charge in [-0.2, -0.15) is 0 Å². The van der Waals surface area contributed by atoms with Crippen molar-refractivity contribution in [1.29, 1.82) is 0 Å². The van der Waals surface area contributed by atoms with Crippen LogP contribution in [0.25, 0.3) is 0 Å². The lowest BCUT2D eigenvalue weighted by molar-refractivity contribution is -0.147. The molecule has 2 rings (SSSR count). The zero-order chi connectivity index (χ0) is 32.6. The number of carbonyl (C=O) groups excluding carboxylic acids is 4. The van der Waals surface area contributed by atoms with Crippen LogP contribution in [0.5, 0.6) is 0 Å². The Balaban J connectivity index is 3.07. The fourth-order valence-electron chi connectivity index (χ4n) is 5.49. The molecule has 0 heterocycles. The highest BCUT2D eigenvalue weighted by Gasteiger charge is 2.47. The lowest BCUT2D eigenvalue weighted by atomic mass is 9.60. The molecule has 2 aliphatic carbocycles. The van der Waals surface area contributed by atoms with E-state index in [1.165, 1.54) is 14.2 Å². The number of Topliss-reactive ketones (excluding diaryl/α,β-unsaturated/α-hetero) is 2. The van der Waals surface area contributed by atoms with E-state index in [-0.39, 0.29) is 24.4 Å². The molecular formula is C36H52O6. The lowest BCUT2D eigenvalue weighted by Crippen LogP contribution is -2.40. The van der Waals surface area contributed by atoms with Gasteiger partial charge >= 0.3 is 11.9 Å². The van der Waals surface area contributed by atoms with Crippen LogP contribution in [0.3, 0.4) is 0 Å². The van der Waals surface area contributed by atoms with E-state index >= 15 is 0 Å². The smallest absolute Gasteiger partial charge is 0.313 e. The van der Waals surface area contributed by atoms with Crippen molar-refractivity contribution >= 4 is 23.5 Å². The van der Waals surface area contributed by atoms with Gasteiger partial charge in [0, 0.05) is 34.1 Å². The van der Waals surface area contributed by atoms with Crippen molar-refractivity contribution < 1.29 is 28.7 Å². The van der Waals surface area contributed by atoms with Gasteiger partial charge in [-0.05, 0) is 45.8 Å². The van der Waals surface area contributed by atoms with E-state index in [9.17, 15) is 19.2 Å². The fraction of sp³-hybridized carbons (Fsp3) is 0.611. The van der Waals surface area contributed by atoms with Crippen molar-refractivity contribution in [3.63, 3.8) is 0 Å². The predicted octanol–water partition coefficient (Wildman–Crippen LogP) is 7.70. The molecule has 0 spiro atoms. The fourth-order valence-corrected chi connectivity index (χ4v) is 5.49. The molecule has 0 bridgehead atoms. The summed E-state index contributed by atoms with van der Waals surface area (Å²) in [7, 11) is 2.68. The second kappa shape index (κ2) is 11.9. The summed E-state index contributed by atoms with van der Waals surface area (Å²) in [5.41, 5.74) is 0.217. The molecule has 0 saturated heterocycles. The molecule has 0 aromatic carbocycles. The highest BCUT2D eigenvalue weighted by Crippen LogP contribution is 2.50. The topological polar surface area (TPSA) is 86.7 Å². The summed E-state index contributed by atoms with van der Waals surface area (Å²) < 4.78 is 10.4. The first-order valence-corrected chi connectivity index (χ1v) is 14.8. The Kier molecular flexibility index (Phi) is 9.99. The molecule has 0 aromatic heterocycles. The van der Waals surface area contributed by atoms with Gasteiger partial charge in [0.1, 0.15) is 0 Å². The third-order valence-corrected chi connectivity index (χ3v) is 8.04. The summed E-state index contributed by atoms with van der Waals surface area (Å²) in [6, 6.07) is 0. The number of ketones is 2. The minimum Gasteiger partial charge on any atom is -0.469 e. The maximum atomic E-state index is 13.9. The van der Waals surface area contributed by atoms with Crippen molar-refractivity contribution in [1.82, 2.24) is 0 Å². The Morgan fingerprint density at radius 3 is 1.40 bits per heavy atom. The molecule has 0 radical (unpaired) electrons. The average Bonchev–Trinajstić information content (AvgIpc) is 2.84. The number of allylic oxidation sites excluding steroid dienone is 9. The van der Waals surface area contributed by atoms with Gasteiger partial charge in [-0.25, -0.2) is 0 Å². The molecule has 0 aromatic rings. The Morgan fingerprint density at radius 2 is 1.07 bits per heavy atom. The molecule has 2 aliphatic rings. The van der Waals surface area contributed by atoms with Gasteiger partial charge in [0.15, 0.2) is 11.6 Å². The highest BCUT2D eigenvalue weighted by atomic mass is 16.5. The van der Waals surface area contributed by atoms with Crippen LogP contribution in [0.1, 0.15) is 95.9 Å². The molecule has 0 N–H and O–H groups in total. The van der Waals surface area contributed by atoms with Gasteiger partial charge in [-0.15, -0.1) is 0 Å². The van der Waals surface area contributed by atoms with E-state index < -0.39 is 44.9 Å². The first kappa shape index (κ1) is 35.2. The number of ether oxygens (including phenoxy) is 2. The zero-order valence-corrected chi connectivity index (χ0v) is 28.3.